The molecule has 1 aromatic carbocycles. The molecule has 0 heterocycles. The van der Waals surface area contributed by atoms with Gasteiger partial charge in [0, 0.05) is 6.54 Å². The summed E-state index contributed by atoms with van der Waals surface area (Å²) in [6.45, 7) is 6.52. The lowest BCUT2D eigenvalue weighted by Crippen LogP contribution is -2.13. The van der Waals surface area contributed by atoms with Crippen LogP contribution in [-0.4, -0.2) is 17.6 Å². The van der Waals surface area contributed by atoms with Crippen molar-refractivity contribution in [1.82, 2.24) is 0 Å². The zero-order valence-electron chi connectivity index (χ0n) is 11.1. The van der Waals surface area contributed by atoms with Gasteiger partial charge in [0.25, 0.3) is 0 Å². The summed E-state index contributed by atoms with van der Waals surface area (Å²) in [6.07, 6.45) is 1.84. The third-order valence-electron chi connectivity index (χ3n) is 2.57. The number of ether oxygens (including phenoxy) is 1. The van der Waals surface area contributed by atoms with Gasteiger partial charge in [-0.25, -0.2) is 0 Å². The van der Waals surface area contributed by atoms with Crippen molar-refractivity contribution in [2.45, 2.75) is 39.7 Å². The van der Waals surface area contributed by atoms with Crippen LogP contribution in [0.5, 0.6) is 5.75 Å². The zero-order chi connectivity index (χ0) is 13.5. The maximum atomic E-state index is 11.1. The predicted molar refractivity (Wildman–Crippen MR) is 72.3 cm³/mol. The van der Waals surface area contributed by atoms with Crippen LogP contribution in [0.2, 0.25) is 0 Å². The monoisotopic (exact) mass is 252 g/mol. The molecule has 1 aromatic rings. The third kappa shape index (κ3) is 3.61. The Morgan fingerprint density at radius 1 is 1.44 bits per heavy atom. The van der Waals surface area contributed by atoms with Gasteiger partial charge in [-0.1, -0.05) is 19.4 Å². The highest BCUT2D eigenvalue weighted by Gasteiger charge is 2.21. The largest absolute Gasteiger partial charge is 0.484 e. The minimum atomic E-state index is -0.397. The fourth-order valence-electron chi connectivity index (χ4n) is 1.82. The predicted octanol–water partition coefficient (Wildman–Crippen LogP) is 3.59. The fourth-order valence-corrected chi connectivity index (χ4v) is 1.82. The van der Waals surface area contributed by atoms with E-state index in [1.54, 1.807) is 18.2 Å². The molecule has 1 rings (SSSR count). The van der Waals surface area contributed by atoms with Gasteiger partial charge in [0.1, 0.15) is 5.69 Å². The van der Waals surface area contributed by atoms with Crippen LogP contribution in [0, 0.1) is 10.1 Å². The molecule has 0 fully saturated rings. The van der Waals surface area contributed by atoms with Gasteiger partial charge in [0.2, 0.25) is 0 Å². The maximum Gasteiger partial charge on any atom is 0.333 e. The minimum Gasteiger partial charge on any atom is -0.484 e. The molecule has 0 spiro atoms. The first-order chi connectivity index (χ1) is 8.60. The molecule has 0 aliphatic carbocycles. The van der Waals surface area contributed by atoms with Crippen LogP contribution in [0.3, 0.4) is 0 Å². The number of nitrogens with zero attached hydrogens (tertiary/aromatic N) is 1. The number of nitrogens with one attached hydrogen (secondary N) is 1. The molecule has 0 aromatic heterocycles. The summed E-state index contributed by atoms with van der Waals surface area (Å²) in [7, 11) is 0. The molecule has 0 aliphatic rings. The summed E-state index contributed by atoms with van der Waals surface area (Å²) >= 11 is 0. The number of para-hydroxylation sites is 1. The quantitative estimate of drug-likeness (QED) is 0.595. The normalized spacial score (nSPS) is 11.9. The number of benzene rings is 1. The standard InChI is InChI=1S/C13H20N2O3/c1-4-7-10(3)18-12-9-6-8-11(14-5-2)13(12)15(16)17/h6,8-10,14H,4-5,7H2,1-3H3. The Labute approximate surface area is 107 Å². The number of nitro groups is 1. The number of hydrogen-bond donors (Lipinski definition) is 1. The van der Waals surface area contributed by atoms with Crippen molar-refractivity contribution >= 4 is 11.4 Å². The Morgan fingerprint density at radius 2 is 2.17 bits per heavy atom. The summed E-state index contributed by atoms with van der Waals surface area (Å²) < 4.78 is 5.65. The molecule has 1 N–H and O–H groups in total. The molecular weight excluding hydrogens is 232 g/mol. The SMILES string of the molecule is CCCC(C)Oc1cccc(NCC)c1[N+](=O)[O-]. The van der Waals surface area contributed by atoms with E-state index >= 15 is 0 Å². The van der Waals surface area contributed by atoms with Gasteiger partial charge in [0.05, 0.1) is 11.0 Å². The van der Waals surface area contributed by atoms with Gasteiger partial charge in [-0.3, -0.25) is 10.1 Å². The lowest BCUT2D eigenvalue weighted by molar-refractivity contribution is -0.385. The lowest BCUT2D eigenvalue weighted by Gasteiger charge is -2.15. The number of rotatable bonds is 7. The molecule has 0 radical (unpaired) electrons. The highest BCUT2D eigenvalue weighted by Crippen LogP contribution is 2.35. The van der Waals surface area contributed by atoms with Crippen LogP contribution in [-0.2, 0) is 0 Å². The van der Waals surface area contributed by atoms with E-state index < -0.39 is 4.92 Å². The van der Waals surface area contributed by atoms with Crippen molar-refractivity contribution < 1.29 is 9.66 Å². The van der Waals surface area contributed by atoms with E-state index in [-0.39, 0.29) is 11.8 Å². The topological polar surface area (TPSA) is 64.4 Å². The van der Waals surface area contributed by atoms with E-state index in [2.05, 4.69) is 12.2 Å². The van der Waals surface area contributed by atoms with Gasteiger partial charge in [0.15, 0.2) is 5.75 Å². The maximum absolute atomic E-state index is 11.1. The van der Waals surface area contributed by atoms with Crippen LogP contribution >= 0.6 is 0 Å². The number of nitro benzene ring substituents is 1. The van der Waals surface area contributed by atoms with Crippen molar-refractivity contribution in [1.29, 1.82) is 0 Å². The van der Waals surface area contributed by atoms with Gasteiger partial charge >= 0.3 is 5.69 Å². The molecule has 0 bridgehead atoms. The second-order valence-corrected chi connectivity index (χ2v) is 4.16. The Hall–Kier alpha value is -1.78. The van der Waals surface area contributed by atoms with Crippen molar-refractivity contribution in [3.63, 3.8) is 0 Å². The highest BCUT2D eigenvalue weighted by molar-refractivity contribution is 5.68. The zero-order valence-corrected chi connectivity index (χ0v) is 11.1. The molecule has 1 unspecified atom stereocenters. The van der Waals surface area contributed by atoms with Gasteiger partial charge < -0.3 is 10.1 Å². The van der Waals surface area contributed by atoms with E-state index in [1.807, 2.05) is 13.8 Å². The average Bonchev–Trinajstić information content (AvgIpc) is 2.29. The van der Waals surface area contributed by atoms with Gasteiger partial charge in [-0.2, -0.15) is 0 Å². The average molecular weight is 252 g/mol. The first-order valence-electron chi connectivity index (χ1n) is 6.28. The van der Waals surface area contributed by atoms with Crippen LogP contribution in [0.1, 0.15) is 33.6 Å². The number of hydrogen-bond acceptors (Lipinski definition) is 4. The van der Waals surface area contributed by atoms with Crippen LogP contribution < -0.4 is 10.1 Å². The summed E-state index contributed by atoms with van der Waals surface area (Å²) in [6, 6.07) is 5.10. The van der Waals surface area contributed by atoms with Gasteiger partial charge in [-0.05, 0) is 32.4 Å². The van der Waals surface area contributed by atoms with Crippen molar-refractivity contribution in [3.05, 3.63) is 28.3 Å². The molecule has 5 nitrogen and oxygen atoms in total. The van der Waals surface area contributed by atoms with Crippen LogP contribution in [0.15, 0.2) is 18.2 Å². The lowest BCUT2D eigenvalue weighted by atomic mass is 10.2. The Bertz CT molecular complexity index is 407. The first kappa shape index (κ1) is 14.3. The highest BCUT2D eigenvalue weighted by atomic mass is 16.6. The summed E-state index contributed by atoms with van der Waals surface area (Å²) in [5.41, 5.74) is 0.519. The molecular formula is C13H20N2O3. The molecule has 0 amide bonds. The Balaban J connectivity index is 3.02. The molecule has 18 heavy (non-hydrogen) atoms. The molecule has 0 aliphatic heterocycles. The second kappa shape index (κ2) is 6.83. The van der Waals surface area contributed by atoms with Crippen molar-refractivity contribution in [2.24, 2.45) is 0 Å². The summed E-state index contributed by atoms with van der Waals surface area (Å²) in [5.74, 6) is 0.333. The molecule has 5 heteroatoms. The van der Waals surface area contributed by atoms with E-state index in [1.165, 1.54) is 0 Å². The smallest absolute Gasteiger partial charge is 0.333 e. The second-order valence-electron chi connectivity index (χ2n) is 4.16. The van der Waals surface area contributed by atoms with Gasteiger partial charge in [-0.15, -0.1) is 0 Å². The fraction of sp³-hybridized carbons (Fsp3) is 0.538. The first-order valence-corrected chi connectivity index (χ1v) is 6.28. The van der Waals surface area contributed by atoms with Crippen LogP contribution in [0.25, 0.3) is 0 Å². The Morgan fingerprint density at radius 3 is 2.72 bits per heavy atom. The molecule has 1 atom stereocenters. The van der Waals surface area contributed by atoms with E-state index in [0.717, 1.165) is 12.8 Å². The molecule has 100 valence electrons. The third-order valence-corrected chi connectivity index (χ3v) is 2.57. The Kier molecular flexibility index (Phi) is 5.42. The summed E-state index contributed by atoms with van der Waals surface area (Å²) in [5, 5.41) is 14.1. The van der Waals surface area contributed by atoms with Crippen LogP contribution in [0.4, 0.5) is 11.4 Å². The van der Waals surface area contributed by atoms with Crippen molar-refractivity contribution in [3.8, 4) is 5.75 Å². The van der Waals surface area contributed by atoms with E-state index in [0.29, 0.717) is 18.0 Å². The van der Waals surface area contributed by atoms with E-state index in [9.17, 15) is 10.1 Å². The molecule has 0 saturated carbocycles. The molecule has 0 saturated heterocycles. The van der Waals surface area contributed by atoms with Crippen molar-refractivity contribution in [2.75, 3.05) is 11.9 Å². The van der Waals surface area contributed by atoms with E-state index in [4.69, 9.17) is 4.74 Å². The number of anilines is 1. The summed E-state index contributed by atoms with van der Waals surface area (Å²) in [4.78, 5) is 10.7. The minimum absolute atomic E-state index is 0.0160.